The van der Waals surface area contributed by atoms with Gasteiger partial charge in [-0.05, 0) is 62.4 Å². The van der Waals surface area contributed by atoms with Crippen LogP contribution in [0.5, 0.6) is 5.75 Å². The third-order valence-electron chi connectivity index (χ3n) is 3.69. The molecule has 1 fully saturated rings. The van der Waals surface area contributed by atoms with Crippen molar-refractivity contribution in [3.05, 3.63) is 29.8 Å². The summed E-state index contributed by atoms with van der Waals surface area (Å²) in [6, 6.07) is 8.64. The fraction of sp³-hybridized carbons (Fsp3) is 0.625. The van der Waals surface area contributed by atoms with E-state index in [1.165, 1.54) is 37.7 Å². The lowest BCUT2D eigenvalue weighted by molar-refractivity contribution is 0.215. The van der Waals surface area contributed by atoms with Gasteiger partial charge >= 0.3 is 0 Å². The van der Waals surface area contributed by atoms with Gasteiger partial charge in [-0.1, -0.05) is 25.5 Å². The van der Waals surface area contributed by atoms with Crippen LogP contribution in [0.15, 0.2) is 24.3 Å². The summed E-state index contributed by atoms with van der Waals surface area (Å²) >= 11 is 0. The summed E-state index contributed by atoms with van der Waals surface area (Å²) in [4.78, 5) is 0. The van der Waals surface area contributed by atoms with Gasteiger partial charge in [0, 0.05) is 0 Å². The predicted octanol–water partition coefficient (Wildman–Crippen LogP) is 3.41. The van der Waals surface area contributed by atoms with Crippen LogP contribution in [0.1, 0.15) is 38.2 Å². The number of piperidine rings is 1. The number of hydrogen-bond donors (Lipinski definition) is 1. The van der Waals surface area contributed by atoms with Gasteiger partial charge in [0.05, 0.1) is 6.61 Å². The molecule has 0 bridgehead atoms. The molecule has 0 aliphatic carbocycles. The Hall–Kier alpha value is -1.02. The van der Waals surface area contributed by atoms with Crippen LogP contribution in [-0.4, -0.2) is 19.7 Å². The average molecular weight is 247 g/mol. The van der Waals surface area contributed by atoms with E-state index in [1.54, 1.807) is 0 Å². The van der Waals surface area contributed by atoms with E-state index in [-0.39, 0.29) is 0 Å². The third kappa shape index (κ3) is 4.34. The molecule has 0 atom stereocenters. The molecule has 1 heterocycles. The van der Waals surface area contributed by atoms with Crippen LogP contribution in [-0.2, 0) is 6.42 Å². The number of ether oxygens (including phenoxy) is 1. The average Bonchev–Trinajstić information content (AvgIpc) is 2.45. The highest BCUT2D eigenvalue weighted by atomic mass is 16.5. The summed E-state index contributed by atoms with van der Waals surface area (Å²) in [5, 5.41) is 3.38. The summed E-state index contributed by atoms with van der Waals surface area (Å²) in [5.41, 5.74) is 1.42. The minimum atomic E-state index is 0.728. The van der Waals surface area contributed by atoms with Crippen molar-refractivity contribution in [2.24, 2.45) is 5.92 Å². The van der Waals surface area contributed by atoms with Gasteiger partial charge in [0.1, 0.15) is 5.75 Å². The second-order valence-electron chi connectivity index (χ2n) is 5.25. The molecule has 1 aliphatic rings. The summed E-state index contributed by atoms with van der Waals surface area (Å²) in [6.07, 6.45) is 6.21. The molecule has 2 rings (SSSR count). The lowest BCUT2D eigenvalue weighted by atomic mass is 9.99. The Bertz CT molecular complexity index is 327. The molecule has 2 nitrogen and oxygen atoms in total. The Morgan fingerprint density at radius 2 is 1.89 bits per heavy atom. The maximum absolute atomic E-state index is 5.88. The molecule has 1 N–H and O–H groups in total. The molecule has 0 saturated carbocycles. The van der Waals surface area contributed by atoms with Crippen molar-refractivity contribution in [3.8, 4) is 5.75 Å². The lowest BCUT2D eigenvalue weighted by Gasteiger charge is -2.22. The van der Waals surface area contributed by atoms with Crippen LogP contribution in [0.3, 0.4) is 0 Å². The summed E-state index contributed by atoms with van der Waals surface area (Å²) in [6.45, 7) is 5.39. The molecule has 1 aromatic rings. The van der Waals surface area contributed by atoms with Crippen molar-refractivity contribution in [3.63, 3.8) is 0 Å². The standard InChI is InChI=1S/C16H25NO/c1-2-3-4-14-5-7-16(8-6-14)18-13-15-9-11-17-12-10-15/h5-8,15,17H,2-4,9-13H2,1H3. The van der Waals surface area contributed by atoms with Crippen LogP contribution in [0.25, 0.3) is 0 Å². The van der Waals surface area contributed by atoms with E-state index in [9.17, 15) is 0 Å². The number of rotatable bonds is 6. The van der Waals surface area contributed by atoms with Gasteiger partial charge < -0.3 is 10.1 Å². The zero-order valence-corrected chi connectivity index (χ0v) is 11.5. The van der Waals surface area contributed by atoms with Gasteiger partial charge in [-0.25, -0.2) is 0 Å². The molecular weight excluding hydrogens is 222 g/mol. The first-order valence-corrected chi connectivity index (χ1v) is 7.31. The zero-order valence-electron chi connectivity index (χ0n) is 11.5. The molecule has 1 aromatic carbocycles. The number of unbranched alkanes of at least 4 members (excludes halogenated alkanes) is 1. The Morgan fingerprint density at radius 3 is 2.56 bits per heavy atom. The largest absolute Gasteiger partial charge is 0.493 e. The highest BCUT2D eigenvalue weighted by Crippen LogP contribution is 2.17. The van der Waals surface area contributed by atoms with Gasteiger partial charge in [0.2, 0.25) is 0 Å². The molecule has 0 aromatic heterocycles. The molecule has 1 aliphatic heterocycles. The van der Waals surface area contributed by atoms with Crippen molar-refractivity contribution in [1.82, 2.24) is 5.32 Å². The van der Waals surface area contributed by atoms with E-state index in [4.69, 9.17) is 4.74 Å². The highest BCUT2D eigenvalue weighted by Gasteiger charge is 2.13. The van der Waals surface area contributed by atoms with Crippen LogP contribution < -0.4 is 10.1 Å². The molecule has 100 valence electrons. The van der Waals surface area contributed by atoms with Crippen LogP contribution in [0, 0.1) is 5.92 Å². The fourth-order valence-corrected chi connectivity index (χ4v) is 2.40. The van der Waals surface area contributed by atoms with Crippen molar-refractivity contribution in [2.75, 3.05) is 19.7 Å². The molecule has 0 spiro atoms. The number of benzene rings is 1. The van der Waals surface area contributed by atoms with Crippen LogP contribution in [0.4, 0.5) is 0 Å². The SMILES string of the molecule is CCCCc1ccc(OCC2CCNCC2)cc1. The number of aryl methyl sites for hydroxylation is 1. The van der Waals surface area contributed by atoms with Crippen molar-refractivity contribution < 1.29 is 4.74 Å². The first kappa shape index (κ1) is 13.4. The molecule has 18 heavy (non-hydrogen) atoms. The first-order valence-electron chi connectivity index (χ1n) is 7.31. The zero-order chi connectivity index (χ0) is 12.6. The summed E-state index contributed by atoms with van der Waals surface area (Å²) in [7, 11) is 0. The van der Waals surface area contributed by atoms with Gasteiger partial charge in [-0.15, -0.1) is 0 Å². The van der Waals surface area contributed by atoms with Gasteiger partial charge in [0.15, 0.2) is 0 Å². The van der Waals surface area contributed by atoms with Crippen molar-refractivity contribution >= 4 is 0 Å². The Balaban J connectivity index is 1.75. The number of hydrogen-bond acceptors (Lipinski definition) is 2. The van der Waals surface area contributed by atoms with E-state index >= 15 is 0 Å². The first-order chi connectivity index (χ1) is 8.88. The Kier molecular flexibility index (Phi) is 5.53. The van der Waals surface area contributed by atoms with Crippen molar-refractivity contribution in [2.45, 2.75) is 39.0 Å². The van der Waals surface area contributed by atoms with E-state index in [1.807, 2.05) is 0 Å². The van der Waals surface area contributed by atoms with E-state index in [2.05, 4.69) is 36.5 Å². The van der Waals surface area contributed by atoms with Gasteiger partial charge in [-0.3, -0.25) is 0 Å². The quantitative estimate of drug-likeness (QED) is 0.832. The van der Waals surface area contributed by atoms with Crippen molar-refractivity contribution in [1.29, 1.82) is 0 Å². The molecule has 0 radical (unpaired) electrons. The van der Waals surface area contributed by atoms with E-state index in [0.717, 1.165) is 31.4 Å². The van der Waals surface area contributed by atoms with E-state index in [0.29, 0.717) is 0 Å². The monoisotopic (exact) mass is 247 g/mol. The smallest absolute Gasteiger partial charge is 0.119 e. The minimum absolute atomic E-state index is 0.728. The second kappa shape index (κ2) is 7.42. The summed E-state index contributed by atoms with van der Waals surface area (Å²) in [5.74, 6) is 1.75. The van der Waals surface area contributed by atoms with Gasteiger partial charge in [0.25, 0.3) is 0 Å². The number of nitrogens with one attached hydrogen (secondary N) is 1. The summed E-state index contributed by atoms with van der Waals surface area (Å²) < 4.78 is 5.88. The molecule has 0 unspecified atom stereocenters. The van der Waals surface area contributed by atoms with E-state index < -0.39 is 0 Å². The normalized spacial score (nSPS) is 16.7. The molecular formula is C16H25NO. The van der Waals surface area contributed by atoms with Gasteiger partial charge in [-0.2, -0.15) is 0 Å². The maximum Gasteiger partial charge on any atom is 0.119 e. The maximum atomic E-state index is 5.88. The van der Waals surface area contributed by atoms with Crippen LogP contribution in [0.2, 0.25) is 0 Å². The Morgan fingerprint density at radius 1 is 1.17 bits per heavy atom. The molecule has 0 amide bonds. The minimum Gasteiger partial charge on any atom is -0.493 e. The molecule has 1 saturated heterocycles. The predicted molar refractivity (Wildman–Crippen MR) is 76.1 cm³/mol. The fourth-order valence-electron chi connectivity index (χ4n) is 2.40. The third-order valence-corrected chi connectivity index (χ3v) is 3.69. The molecule has 2 heteroatoms. The van der Waals surface area contributed by atoms with Crippen LogP contribution >= 0.6 is 0 Å². The second-order valence-corrected chi connectivity index (χ2v) is 5.25. The Labute approximate surface area is 111 Å². The highest BCUT2D eigenvalue weighted by molar-refractivity contribution is 5.27. The topological polar surface area (TPSA) is 21.3 Å². The lowest BCUT2D eigenvalue weighted by Crippen LogP contribution is -2.30.